The van der Waals surface area contributed by atoms with Crippen LogP contribution in [-0.4, -0.2) is 8.97 Å². The van der Waals surface area contributed by atoms with E-state index in [1.165, 1.54) is 87.8 Å². The van der Waals surface area contributed by atoms with Crippen LogP contribution in [-0.2, 0) is 0 Å². The van der Waals surface area contributed by atoms with Gasteiger partial charge in [-0.1, -0.05) is 121 Å². The van der Waals surface area contributed by atoms with E-state index in [2.05, 4.69) is 167 Å². The maximum atomic E-state index is 2.52. The fraction of sp³-hybridized carbons (Fsp3) is 0. The lowest BCUT2D eigenvalue weighted by molar-refractivity contribution is 1.18. The molecule has 0 aliphatic rings. The summed E-state index contributed by atoms with van der Waals surface area (Å²) in [5.41, 5.74) is 12.3. The van der Waals surface area contributed by atoms with Crippen molar-refractivity contribution in [1.82, 2.24) is 8.97 Å². The van der Waals surface area contributed by atoms with Crippen LogP contribution in [0.15, 0.2) is 158 Å². The fourth-order valence-corrected chi connectivity index (χ4v) is 7.62. The summed E-state index contributed by atoms with van der Waals surface area (Å²) in [6, 6.07) is 57.7. The molecule has 0 atom stereocenters. The lowest BCUT2D eigenvalue weighted by Gasteiger charge is -2.14. The van der Waals surface area contributed by atoms with Crippen LogP contribution in [0.3, 0.4) is 0 Å². The summed E-state index contributed by atoms with van der Waals surface area (Å²) in [6.07, 6.45) is 0. The van der Waals surface area contributed by atoms with Gasteiger partial charge in [-0.25, -0.2) is 0 Å². The lowest BCUT2D eigenvalue weighted by Crippen LogP contribution is -1.97. The molecule has 0 N–H and O–H groups in total. The van der Waals surface area contributed by atoms with Gasteiger partial charge < -0.3 is 8.97 Å². The van der Waals surface area contributed by atoms with E-state index in [-0.39, 0.29) is 0 Å². The van der Waals surface area contributed by atoms with Gasteiger partial charge in [0, 0.05) is 32.5 Å². The topological polar surface area (TPSA) is 9.34 Å². The zero-order valence-corrected chi connectivity index (χ0v) is 23.9. The van der Waals surface area contributed by atoms with Gasteiger partial charge in [0.25, 0.3) is 0 Å². The summed E-state index contributed by atoms with van der Waals surface area (Å²) in [6.45, 7) is 0. The third kappa shape index (κ3) is 3.09. The van der Waals surface area contributed by atoms with E-state index in [4.69, 9.17) is 0 Å². The van der Waals surface area contributed by atoms with Crippen LogP contribution in [0.4, 0.5) is 0 Å². The molecule has 44 heavy (non-hydrogen) atoms. The zero-order chi connectivity index (χ0) is 28.8. The van der Waals surface area contributed by atoms with Crippen molar-refractivity contribution in [1.29, 1.82) is 0 Å². The third-order valence-electron chi connectivity index (χ3n) is 9.45. The second-order valence-electron chi connectivity index (χ2n) is 11.7. The summed E-state index contributed by atoms with van der Waals surface area (Å²) in [7, 11) is 0. The van der Waals surface area contributed by atoms with Crippen molar-refractivity contribution in [3.05, 3.63) is 158 Å². The second kappa shape index (κ2) is 8.82. The number of para-hydroxylation sites is 2. The summed E-state index contributed by atoms with van der Waals surface area (Å²) in [5, 5.41) is 7.72. The molecule has 0 aliphatic heterocycles. The Morgan fingerprint density at radius 2 is 0.977 bits per heavy atom. The first-order valence-corrected chi connectivity index (χ1v) is 15.2. The predicted molar refractivity (Wildman–Crippen MR) is 186 cm³/mol. The van der Waals surface area contributed by atoms with Crippen LogP contribution in [0.25, 0.3) is 87.8 Å². The average Bonchev–Trinajstić information content (AvgIpc) is 3.57. The molecule has 0 bridgehead atoms. The largest absolute Gasteiger partial charge is 0.309 e. The molecule has 10 rings (SSSR count). The number of nitrogens with zero attached hydrogens (tertiary/aromatic N) is 2. The number of rotatable bonds is 3. The number of aromatic nitrogens is 2. The predicted octanol–water partition coefficient (Wildman–Crippen LogP) is 11.3. The highest BCUT2D eigenvalue weighted by atomic mass is 15.0. The quantitative estimate of drug-likeness (QED) is 0.204. The maximum absolute atomic E-state index is 2.52. The standard InChI is InChI=1S/C42H26N2/c1-3-12-27(13-4-1)29-22-24-37-34(26-29)32-18-11-21-38-40(32)41-39(25-23-33-31-17-8-10-20-36(31)44(37)42(33)41)43(38)35-19-9-7-16-30(35)28-14-5-2-6-15-28/h1-26H. The average molecular weight is 559 g/mol. The maximum Gasteiger partial charge on any atom is 0.0641 e. The van der Waals surface area contributed by atoms with Crippen molar-refractivity contribution in [3.63, 3.8) is 0 Å². The van der Waals surface area contributed by atoms with Crippen molar-refractivity contribution in [2.45, 2.75) is 0 Å². The van der Waals surface area contributed by atoms with E-state index in [0.29, 0.717) is 0 Å². The van der Waals surface area contributed by atoms with Crippen LogP contribution in [0.2, 0.25) is 0 Å². The van der Waals surface area contributed by atoms with Gasteiger partial charge in [-0.15, -0.1) is 0 Å². The second-order valence-corrected chi connectivity index (χ2v) is 11.7. The summed E-state index contributed by atoms with van der Waals surface area (Å²) in [5.74, 6) is 0. The molecule has 7 aromatic carbocycles. The van der Waals surface area contributed by atoms with E-state index >= 15 is 0 Å². The number of hydrogen-bond acceptors (Lipinski definition) is 0. The third-order valence-corrected chi connectivity index (χ3v) is 9.45. The molecule has 0 spiro atoms. The molecule has 2 heteroatoms. The fourth-order valence-electron chi connectivity index (χ4n) is 7.62. The molecule has 0 unspecified atom stereocenters. The first-order chi connectivity index (χ1) is 21.9. The highest BCUT2D eigenvalue weighted by Gasteiger charge is 2.24. The number of fused-ring (bicyclic) bond motifs is 6. The normalized spacial score (nSPS) is 12.1. The number of hydrogen-bond donors (Lipinski definition) is 0. The van der Waals surface area contributed by atoms with Gasteiger partial charge in [-0.2, -0.15) is 0 Å². The van der Waals surface area contributed by atoms with Gasteiger partial charge in [0.05, 0.1) is 33.3 Å². The van der Waals surface area contributed by atoms with E-state index < -0.39 is 0 Å². The van der Waals surface area contributed by atoms with Gasteiger partial charge in [0.15, 0.2) is 0 Å². The van der Waals surface area contributed by atoms with E-state index in [1.807, 2.05) is 0 Å². The van der Waals surface area contributed by atoms with Gasteiger partial charge in [-0.05, 0) is 58.5 Å². The van der Waals surface area contributed by atoms with Gasteiger partial charge in [0.2, 0.25) is 0 Å². The number of benzene rings is 7. The van der Waals surface area contributed by atoms with Gasteiger partial charge in [-0.3, -0.25) is 0 Å². The van der Waals surface area contributed by atoms with Gasteiger partial charge >= 0.3 is 0 Å². The molecule has 0 saturated carbocycles. The van der Waals surface area contributed by atoms with Crippen LogP contribution < -0.4 is 0 Å². The molecule has 0 amide bonds. The molecule has 0 saturated heterocycles. The minimum absolute atomic E-state index is 1.19. The Hall–Kier alpha value is -5.86. The van der Waals surface area contributed by atoms with Crippen LogP contribution in [0, 0.1) is 0 Å². The summed E-state index contributed by atoms with van der Waals surface area (Å²) >= 11 is 0. The smallest absolute Gasteiger partial charge is 0.0641 e. The highest BCUT2D eigenvalue weighted by molar-refractivity contribution is 6.33. The molecular weight excluding hydrogens is 532 g/mol. The monoisotopic (exact) mass is 558 g/mol. The Morgan fingerprint density at radius 3 is 1.84 bits per heavy atom. The highest BCUT2D eigenvalue weighted by Crippen LogP contribution is 2.46. The molecule has 0 radical (unpaired) electrons. The zero-order valence-electron chi connectivity index (χ0n) is 23.9. The first kappa shape index (κ1) is 23.7. The Balaban J connectivity index is 1.46. The molecule has 0 aliphatic carbocycles. The Bertz CT molecular complexity index is 2690. The lowest BCUT2D eigenvalue weighted by atomic mass is 10.00. The van der Waals surface area contributed by atoms with Gasteiger partial charge in [0.1, 0.15) is 0 Å². The Labute approximate surface area is 254 Å². The van der Waals surface area contributed by atoms with Crippen LogP contribution >= 0.6 is 0 Å². The Kier molecular flexibility index (Phi) is 4.75. The molecule has 3 aromatic heterocycles. The van der Waals surface area contributed by atoms with Crippen molar-refractivity contribution in [3.8, 4) is 27.9 Å². The Morgan fingerprint density at radius 1 is 0.341 bits per heavy atom. The summed E-state index contributed by atoms with van der Waals surface area (Å²) < 4.78 is 5.01. The van der Waals surface area contributed by atoms with Crippen LogP contribution in [0.1, 0.15) is 0 Å². The SMILES string of the molecule is c1ccc(-c2ccc3c(c2)c2cccc4c2c2c(ccc5c6ccccc6n3c52)n4-c2ccccc2-c2ccccc2)cc1. The minimum atomic E-state index is 1.19. The minimum Gasteiger partial charge on any atom is -0.309 e. The first-order valence-electron chi connectivity index (χ1n) is 15.2. The summed E-state index contributed by atoms with van der Waals surface area (Å²) in [4.78, 5) is 0. The van der Waals surface area contributed by atoms with E-state index in [1.54, 1.807) is 0 Å². The van der Waals surface area contributed by atoms with Crippen molar-refractivity contribution in [2.24, 2.45) is 0 Å². The molecule has 3 heterocycles. The molecule has 2 nitrogen and oxygen atoms in total. The molecule has 204 valence electrons. The van der Waals surface area contributed by atoms with Crippen molar-refractivity contribution < 1.29 is 0 Å². The molecular formula is C42H26N2. The van der Waals surface area contributed by atoms with E-state index in [0.717, 1.165) is 0 Å². The van der Waals surface area contributed by atoms with E-state index in [9.17, 15) is 0 Å². The molecule has 10 aromatic rings. The van der Waals surface area contributed by atoms with Crippen molar-refractivity contribution in [2.75, 3.05) is 0 Å². The molecule has 0 fully saturated rings. The van der Waals surface area contributed by atoms with Crippen LogP contribution in [0.5, 0.6) is 0 Å². The van der Waals surface area contributed by atoms with Crippen molar-refractivity contribution >= 4 is 59.9 Å².